The second-order valence-corrected chi connectivity index (χ2v) is 6.17. The number of benzene rings is 1. The van der Waals surface area contributed by atoms with E-state index in [1.54, 1.807) is 13.0 Å². The van der Waals surface area contributed by atoms with E-state index in [4.69, 9.17) is 4.74 Å². The van der Waals surface area contributed by atoms with Crippen molar-refractivity contribution in [3.63, 3.8) is 0 Å². The van der Waals surface area contributed by atoms with Crippen LogP contribution in [-0.2, 0) is 14.9 Å². The number of likely N-dealkylation sites (tertiary alicyclic amines) is 1. The fourth-order valence-electron chi connectivity index (χ4n) is 3.92. The zero-order valence-electron chi connectivity index (χ0n) is 12.7. The topological polar surface area (TPSA) is 29.5 Å². The minimum atomic E-state index is -0.181. The van der Waals surface area contributed by atoms with Crippen LogP contribution in [0.5, 0.6) is 0 Å². The van der Waals surface area contributed by atoms with Crippen molar-refractivity contribution < 1.29 is 13.9 Å². The number of nitrogens with zero attached hydrogens (tertiary/aromatic N) is 1. The summed E-state index contributed by atoms with van der Waals surface area (Å²) in [6.07, 6.45) is 2.76. The molecule has 0 radical (unpaired) electrons. The molecule has 1 fully saturated rings. The maximum atomic E-state index is 13.7. The average Bonchev–Trinajstić information content (AvgIpc) is 2.74. The SMILES string of the molecule is CCO[C@@H]1CC2(CCN(C(C)=O)CC2)c2cc(F)ccc21. The first kappa shape index (κ1) is 14.5. The number of ether oxygens (including phenoxy) is 1. The maximum absolute atomic E-state index is 13.7. The van der Waals surface area contributed by atoms with Gasteiger partial charge >= 0.3 is 0 Å². The molecular weight excluding hydrogens is 269 g/mol. The standard InChI is InChI=1S/C17H22FNO2/c1-3-21-16-11-17(6-8-19(9-7-17)12(2)20)15-10-13(18)4-5-14(15)16/h4-5,10,16H,3,6-9,11H2,1-2H3/t16-/m1/s1. The Morgan fingerprint density at radius 1 is 1.43 bits per heavy atom. The van der Waals surface area contributed by atoms with Crippen LogP contribution in [0.15, 0.2) is 18.2 Å². The third-order valence-electron chi connectivity index (χ3n) is 5.04. The van der Waals surface area contributed by atoms with Gasteiger partial charge < -0.3 is 9.64 Å². The smallest absolute Gasteiger partial charge is 0.219 e. The van der Waals surface area contributed by atoms with Crippen molar-refractivity contribution in [2.75, 3.05) is 19.7 Å². The second kappa shape index (κ2) is 5.41. The summed E-state index contributed by atoms with van der Waals surface area (Å²) in [7, 11) is 0. The molecule has 3 rings (SSSR count). The lowest BCUT2D eigenvalue weighted by Gasteiger charge is -2.40. The molecule has 1 aliphatic carbocycles. The minimum absolute atomic E-state index is 0.0246. The zero-order chi connectivity index (χ0) is 15.0. The van der Waals surface area contributed by atoms with Gasteiger partial charge in [-0.1, -0.05) is 6.07 Å². The van der Waals surface area contributed by atoms with Crippen molar-refractivity contribution >= 4 is 5.91 Å². The van der Waals surface area contributed by atoms with E-state index in [1.165, 1.54) is 6.07 Å². The molecule has 2 aliphatic rings. The highest BCUT2D eigenvalue weighted by Gasteiger charge is 2.46. The van der Waals surface area contributed by atoms with E-state index in [0.717, 1.165) is 43.5 Å². The van der Waals surface area contributed by atoms with Gasteiger partial charge in [0, 0.05) is 32.0 Å². The number of piperidine rings is 1. The lowest BCUT2D eigenvalue weighted by molar-refractivity contribution is -0.130. The Morgan fingerprint density at radius 3 is 2.76 bits per heavy atom. The number of rotatable bonds is 2. The number of hydrogen-bond donors (Lipinski definition) is 0. The Balaban J connectivity index is 1.91. The summed E-state index contributed by atoms with van der Waals surface area (Å²) in [6, 6.07) is 5.07. The molecule has 114 valence electrons. The molecule has 1 aliphatic heterocycles. The van der Waals surface area contributed by atoms with Crippen LogP contribution >= 0.6 is 0 Å². The van der Waals surface area contributed by atoms with Gasteiger partial charge in [0.05, 0.1) is 6.10 Å². The molecule has 1 saturated heterocycles. The van der Waals surface area contributed by atoms with Crippen LogP contribution < -0.4 is 0 Å². The number of fused-ring (bicyclic) bond motifs is 2. The Bertz CT molecular complexity index is 550. The first-order valence-electron chi connectivity index (χ1n) is 7.73. The highest BCUT2D eigenvalue weighted by atomic mass is 19.1. The van der Waals surface area contributed by atoms with E-state index >= 15 is 0 Å². The van der Waals surface area contributed by atoms with Gasteiger partial charge in [0.2, 0.25) is 5.91 Å². The summed E-state index contributed by atoms with van der Waals surface area (Å²) < 4.78 is 19.6. The fourth-order valence-corrected chi connectivity index (χ4v) is 3.92. The van der Waals surface area contributed by atoms with Gasteiger partial charge in [-0.05, 0) is 49.4 Å². The summed E-state index contributed by atoms with van der Waals surface area (Å²) >= 11 is 0. The number of halogens is 1. The highest BCUT2D eigenvalue weighted by Crippen LogP contribution is 2.52. The van der Waals surface area contributed by atoms with E-state index in [2.05, 4.69) is 0 Å². The molecule has 0 unspecified atom stereocenters. The Morgan fingerprint density at radius 2 is 2.14 bits per heavy atom. The number of carbonyl (C=O) groups is 1. The predicted octanol–water partition coefficient (Wildman–Crippen LogP) is 3.19. The molecule has 1 aromatic carbocycles. The van der Waals surface area contributed by atoms with Crippen molar-refractivity contribution in [1.29, 1.82) is 0 Å². The molecular formula is C17H22FNO2. The van der Waals surface area contributed by atoms with Crippen LogP contribution in [0.1, 0.15) is 50.3 Å². The van der Waals surface area contributed by atoms with Crippen LogP contribution in [0, 0.1) is 5.82 Å². The number of carbonyl (C=O) groups excluding carboxylic acids is 1. The summed E-state index contributed by atoms with van der Waals surface area (Å²) in [6.45, 7) is 5.78. The van der Waals surface area contributed by atoms with Crippen molar-refractivity contribution in [3.8, 4) is 0 Å². The summed E-state index contributed by atoms with van der Waals surface area (Å²) in [5, 5.41) is 0. The summed E-state index contributed by atoms with van der Waals surface area (Å²) in [4.78, 5) is 13.4. The van der Waals surface area contributed by atoms with Crippen molar-refractivity contribution in [1.82, 2.24) is 4.90 Å². The molecule has 3 nitrogen and oxygen atoms in total. The van der Waals surface area contributed by atoms with E-state index < -0.39 is 0 Å². The summed E-state index contributed by atoms with van der Waals surface area (Å²) in [5.41, 5.74) is 2.21. The van der Waals surface area contributed by atoms with Gasteiger partial charge in [0.1, 0.15) is 5.82 Å². The van der Waals surface area contributed by atoms with Crippen molar-refractivity contribution in [2.24, 2.45) is 0 Å². The van der Waals surface area contributed by atoms with Gasteiger partial charge in [-0.15, -0.1) is 0 Å². The molecule has 1 aromatic rings. The predicted molar refractivity (Wildman–Crippen MR) is 78.6 cm³/mol. The lowest BCUT2D eigenvalue weighted by Crippen LogP contribution is -2.43. The molecule has 1 spiro atoms. The molecule has 0 aromatic heterocycles. The average molecular weight is 291 g/mol. The minimum Gasteiger partial charge on any atom is -0.374 e. The number of hydrogen-bond acceptors (Lipinski definition) is 2. The molecule has 0 N–H and O–H groups in total. The van der Waals surface area contributed by atoms with Crippen LogP contribution in [0.25, 0.3) is 0 Å². The quantitative estimate of drug-likeness (QED) is 0.837. The van der Waals surface area contributed by atoms with Crippen molar-refractivity contribution in [3.05, 3.63) is 35.1 Å². The first-order chi connectivity index (χ1) is 10.1. The summed E-state index contributed by atoms with van der Waals surface area (Å²) in [5.74, 6) is -0.0528. The van der Waals surface area contributed by atoms with Gasteiger partial charge in [0.15, 0.2) is 0 Å². The molecule has 1 amide bonds. The van der Waals surface area contributed by atoms with Gasteiger partial charge in [-0.25, -0.2) is 4.39 Å². The third kappa shape index (κ3) is 2.46. The Kier molecular flexibility index (Phi) is 3.74. The molecule has 0 saturated carbocycles. The van der Waals surface area contributed by atoms with E-state index in [-0.39, 0.29) is 23.2 Å². The van der Waals surface area contributed by atoms with Crippen LogP contribution in [0.4, 0.5) is 4.39 Å². The van der Waals surface area contributed by atoms with E-state index in [1.807, 2.05) is 17.9 Å². The Hall–Kier alpha value is -1.42. The second-order valence-electron chi connectivity index (χ2n) is 6.17. The lowest BCUT2D eigenvalue weighted by atomic mass is 9.73. The number of amides is 1. The molecule has 0 bridgehead atoms. The highest BCUT2D eigenvalue weighted by molar-refractivity contribution is 5.73. The normalized spacial score (nSPS) is 23.4. The largest absolute Gasteiger partial charge is 0.374 e. The molecule has 21 heavy (non-hydrogen) atoms. The maximum Gasteiger partial charge on any atom is 0.219 e. The third-order valence-corrected chi connectivity index (χ3v) is 5.04. The van der Waals surface area contributed by atoms with Crippen LogP contribution in [0.2, 0.25) is 0 Å². The van der Waals surface area contributed by atoms with E-state index in [0.29, 0.717) is 6.61 Å². The zero-order valence-corrected chi connectivity index (χ0v) is 12.7. The molecule has 1 heterocycles. The molecule has 1 atom stereocenters. The van der Waals surface area contributed by atoms with Crippen LogP contribution in [0.3, 0.4) is 0 Å². The van der Waals surface area contributed by atoms with Crippen molar-refractivity contribution in [2.45, 2.75) is 44.6 Å². The monoisotopic (exact) mass is 291 g/mol. The van der Waals surface area contributed by atoms with Gasteiger partial charge in [0.25, 0.3) is 0 Å². The first-order valence-corrected chi connectivity index (χ1v) is 7.73. The molecule has 4 heteroatoms. The van der Waals surface area contributed by atoms with Crippen LogP contribution in [-0.4, -0.2) is 30.5 Å². The fraction of sp³-hybridized carbons (Fsp3) is 0.588. The Labute approximate surface area is 125 Å². The van der Waals surface area contributed by atoms with Gasteiger partial charge in [-0.2, -0.15) is 0 Å². The van der Waals surface area contributed by atoms with Gasteiger partial charge in [-0.3, -0.25) is 4.79 Å². The van der Waals surface area contributed by atoms with E-state index in [9.17, 15) is 9.18 Å².